The summed E-state index contributed by atoms with van der Waals surface area (Å²) in [6, 6.07) is 9.00. The van der Waals surface area contributed by atoms with Crippen LogP contribution in [-0.2, 0) is 6.42 Å². The van der Waals surface area contributed by atoms with Gasteiger partial charge in [-0.2, -0.15) is 4.98 Å². The standard InChI is InChI=1S/C29H34BrN8OP/c1-37-12-8-19(9-13-37)38-14-7-18-15-23(25(39-2)16-24(18)38)35-29-33-17-20(30)28(36-29)34-22-6-5-21-26(27(22)40(3)4)32-11-10-31-21/h5-6,10-11,15-17,19H,7-9,12-14H2,1-4H3,(H2,33,34,35,36). The van der Waals surface area contributed by atoms with Crippen LogP contribution < -0.4 is 25.6 Å². The van der Waals surface area contributed by atoms with E-state index in [1.807, 2.05) is 6.07 Å². The molecule has 0 aliphatic carbocycles. The van der Waals surface area contributed by atoms with Crippen LogP contribution in [0.4, 0.5) is 28.8 Å². The number of anilines is 5. The van der Waals surface area contributed by atoms with Gasteiger partial charge in [0.2, 0.25) is 5.95 Å². The minimum Gasteiger partial charge on any atom is -0.494 e. The Morgan fingerprint density at radius 2 is 1.80 bits per heavy atom. The van der Waals surface area contributed by atoms with Crippen molar-refractivity contribution in [3.8, 4) is 5.75 Å². The molecule has 9 nitrogen and oxygen atoms in total. The minimum atomic E-state index is -0.452. The summed E-state index contributed by atoms with van der Waals surface area (Å²) in [5, 5.41) is 8.11. The second-order valence-electron chi connectivity index (χ2n) is 10.6. The first-order chi connectivity index (χ1) is 19.4. The molecule has 4 heterocycles. The van der Waals surface area contributed by atoms with E-state index in [9.17, 15) is 0 Å². The van der Waals surface area contributed by atoms with Gasteiger partial charge in [-0.05, 0) is 92.4 Å². The fourth-order valence-electron chi connectivity index (χ4n) is 5.73. The highest BCUT2D eigenvalue weighted by Gasteiger charge is 2.30. The van der Waals surface area contributed by atoms with E-state index in [1.165, 1.54) is 24.1 Å². The number of nitrogens with zero attached hydrogens (tertiary/aromatic N) is 6. The number of aromatic nitrogens is 4. The summed E-state index contributed by atoms with van der Waals surface area (Å²) >= 11 is 3.63. The lowest BCUT2D eigenvalue weighted by Gasteiger charge is -2.36. The van der Waals surface area contributed by atoms with Crippen LogP contribution in [0.25, 0.3) is 11.0 Å². The highest BCUT2D eigenvalue weighted by molar-refractivity contribution is 9.10. The van der Waals surface area contributed by atoms with E-state index < -0.39 is 7.92 Å². The topological polar surface area (TPSA) is 91.3 Å². The predicted octanol–water partition coefficient (Wildman–Crippen LogP) is 5.50. The Bertz CT molecular complexity index is 1540. The lowest BCUT2D eigenvalue weighted by molar-refractivity contribution is 0.251. The molecular weight excluding hydrogens is 587 g/mol. The fraction of sp³-hybridized carbons (Fsp3) is 0.379. The average Bonchev–Trinajstić information content (AvgIpc) is 3.37. The van der Waals surface area contributed by atoms with E-state index in [0.29, 0.717) is 17.8 Å². The highest BCUT2D eigenvalue weighted by atomic mass is 79.9. The van der Waals surface area contributed by atoms with Gasteiger partial charge in [0.05, 0.1) is 28.3 Å². The summed E-state index contributed by atoms with van der Waals surface area (Å²) < 4.78 is 6.61. The van der Waals surface area contributed by atoms with Crippen LogP contribution in [0.15, 0.2) is 47.3 Å². The number of hydrogen-bond acceptors (Lipinski definition) is 9. The maximum atomic E-state index is 5.84. The molecule has 2 N–H and O–H groups in total. The van der Waals surface area contributed by atoms with Gasteiger partial charge >= 0.3 is 0 Å². The van der Waals surface area contributed by atoms with Gasteiger partial charge in [-0.25, -0.2) is 4.98 Å². The van der Waals surface area contributed by atoms with E-state index in [-0.39, 0.29) is 0 Å². The molecule has 11 heteroatoms. The second-order valence-corrected chi connectivity index (χ2v) is 13.7. The number of fused-ring (bicyclic) bond motifs is 2. The Kier molecular flexibility index (Phi) is 7.75. The van der Waals surface area contributed by atoms with Crippen LogP contribution in [0.1, 0.15) is 18.4 Å². The zero-order chi connectivity index (χ0) is 27.8. The predicted molar refractivity (Wildman–Crippen MR) is 169 cm³/mol. The zero-order valence-electron chi connectivity index (χ0n) is 23.3. The number of rotatable bonds is 7. The number of hydrogen-bond donors (Lipinski definition) is 2. The van der Waals surface area contributed by atoms with E-state index in [4.69, 9.17) is 9.72 Å². The van der Waals surface area contributed by atoms with Crippen LogP contribution in [0.5, 0.6) is 5.75 Å². The summed E-state index contributed by atoms with van der Waals surface area (Å²) in [4.78, 5) is 23.5. The average molecular weight is 622 g/mol. The van der Waals surface area contributed by atoms with Gasteiger partial charge in [0.25, 0.3) is 0 Å². The number of nitrogens with one attached hydrogen (secondary N) is 2. The summed E-state index contributed by atoms with van der Waals surface area (Å²) in [5.74, 6) is 1.96. The second kappa shape index (κ2) is 11.4. The van der Waals surface area contributed by atoms with Gasteiger partial charge in [-0.15, -0.1) is 0 Å². The van der Waals surface area contributed by atoms with Gasteiger partial charge in [0.1, 0.15) is 11.6 Å². The Morgan fingerprint density at radius 1 is 1.00 bits per heavy atom. The van der Waals surface area contributed by atoms with Crippen molar-refractivity contribution in [2.24, 2.45) is 0 Å². The molecule has 1 saturated heterocycles. The van der Waals surface area contributed by atoms with Crippen LogP contribution in [0.2, 0.25) is 0 Å². The molecule has 2 aromatic carbocycles. The molecule has 0 saturated carbocycles. The van der Waals surface area contributed by atoms with E-state index in [0.717, 1.165) is 64.0 Å². The summed E-state index contributed by atoms with van der Waals surface area (Å²) in [6.45, 7) is 7.79. The Balaban J connectivity index is 1.27. The summed E-state index contributed by atoms with van der Waals surface area (Å²) in [5.41, 5.74) is 6.27. The molecule has 0 unspecified atom stereocenters. The normalized spacial score (nSPS) is 16.0. The molecular formula is C29H34BrN8OP. The first-order valence-corrected chi connectivity index (χ1v) is 16.6. The monoisotopic (exact) mass is 620 g/mol. The molecule has 0 amide bonds. The van der Waals surface area contributed by atoms with Crippen molar-refractivity contribution in [1.82, 2.24) is 24.8 Å². The van der Waals surface area contributed by atoms with Crippen molar-refractivity contribution in [2.75, 3.05) is 62.7 Å². The number of methoxy groups -OCH3 is 1. The Hall–Kier alpha value is -3.07. The third kappa shape index (κ3) is 5.32. The van der Waals surface area contributed by atoms with Gasteiger partial charge in [-0.1, -0.05) is 7.92 Å². The van der Waals surface area contributed by atoms with Crippen molar-refractivity contribution in [3.63, 3.8) is 0 Å². The third-order valence-electron chi connectivity index (χ3n) is 7.77. The van der Waals surface area contributed by atoms with E-state index >= 15 is 0 Å². The molecule has 2 aliphatic rings. The number of benzene rings is 2. The Labute approximate surface area is 244 Å². The zero-order valence-corrected chi connectivity index (χ0v) is 25.8. The molecule has 208 valence electrons. The van der Waals surface area contributed by atoms with Gasteiger partial charge in [0.15, 0.2) is 0 Å². The summed E-state index contributed by atoms with van der Waals surface area (Å²) in [6.07, 6.45) is 8.66. The minimum absolute atomic E-state index is 0.452. The van der Waals surface area contributed by atoms with Crippen molar-refractivity contribution < 1.29 is 4.74 Å². The smallest absolute Gasteiger partial charge is 0.229 e. The van der Waals surface area contributed by atoms with Gasteiger partial charge in [-0.3, -0.25) is 9.97 Å². The molecule has 2 aromatic heterocycles. The molecule has 1 fully saturated rings. The molecule has 4 aromatic rings. The summed E-state index contributed by atoms with van der Waals surface area (Å²) in [7, 11) is 3.47. The van der Waals surface area contributed by atoms with Gasteiger partial charge < -0.3 is 25.2 Å². The maximum Gasteiger partial charge on any atom is 0.229 e. The number of halogens is 1. The van der Waals surface area contributed by atoms with E-state index in [2.05, 4.69) is 89.9 Å². The lowest BCUT2D eigenvalue weighted by Crippen LogP contribution is -2.43. The van der Waals surface area contributed by atoms with Crippen LogP contribution in [0.3, 0.4) is 0 Å². The molecule has 0 radical (unpaired) electrons. The first kappa shape index (κ1) is 27.1. The van der Waals surface area contributed by atoms with E-state index in [1.54, 1.807) is 25.7 Å². The number of ether oxygens (including phenoxy) is 1. The van der Waals surface area contributed by atoms with Crippen molar-refractivity contribution in [2.45, 2.75) is 25.3 Å². The lowest BCUT2D eigenvalue weighted by atomic mass is 10.0. The van der Waals surface area contributed by atoms with Crippen LogP contribution in [-0.4, -0.2) is 78.0 Å². The van der Waals surface area contributed by atoms with Crippen molar-refractivity contribution in [3.05, 3.63) is 52.9 Å². The molecule has 6 rings (SSSR count). The maximum absolute atomic E-state index is 5.84. The van der Waals surface area contributed by atoms with Crippen LogP contribution in [0, 0.1) is 0 Å². The quantitative estimate of drug-likeness (QED) is 0.260. The number of likely N-dealkylation sites (tertiary alicyclic amines) is 1. The molecule has 2 aliphatic heterocycles. The van der Waals surface area contributed by atoms with Gasteiger partial charge in [0, 0.05) is 53.9 Å². The number of piperidine rings is 1. The largest absolute Gasteiger partial charge is 0.494 e. The third-order valence-corrected chi connectivity index (χ3v) is 9.69. The SMILES string of the molecule is COc1cc2c(cc1Nc1ncc(Br)c(Nc3ccc4nccnc4c3P(C)C)n1)CCN2C1CCN(C)CC1. The Morgan fingerprint density at radius 3 is 2.58 bits per heavy atom. The molecule has 0 spiro atoms. The highest BCUT2D eigenvalue weighted by Crippen LogP contribution is 2.41. The molecule has 0 bridgehead atoms. The van der Waals surface area contributed by atoms with Crippen molar-refractivity contribution in [1.29, 1.82) is 0 Å². The van der Waals surface area contributed by atoms with Crippen molar-refractivity contribution >= 4 is 69.0 Å². The molecule has 0 atom stereocenters. The first-order valence-electron chi connectivity index (χ1n) is 13.5. The molecule has 40 heavy (non-hydrogen) atoms. The van der Waals surface area contributed by atoms with Crippen LogP contribution >= 0.6 is 23.9 Å². The fourth-order valence-corrected chi connectivity index (χ4v) is 7.23.